The van der Waals surface area contributed by atoms with Crippen molar-refractivity contribution in [1.82, 2.24) is 20.9 Å². The summed E-state index contributed by atoms with van der Waals surface area (Å²) in [6.45, 7) is 1.68. The first-order valence-corrected chi connectivity index (χ1v) is 18.6. The molecule has 0 bridgehead atoms. The Balaban J connectivity index is 1.42. The highest BCUT2D eigenvalue weighted by molar-refractivity contribution is 7.92. The van der Waals surface area contributed by atoms with Crippen molar-refractivity contribution in [2.75, 3.05) is 74.0 Å². The average molecular weight is 675 g/mol. The van der Waals surface area contributed by atoms with E-state index >= 15 is 0 Å². The summed E-state index contributed by atoms with van der Waals surface area (Å²) in [7, 11) is -9.42. The summed E-state index contributed by atoms with van der Waals surface area (Å²) in [5, 5.41) is 8.48. The molecular formula is C21H30N4O9S6. The van der Waals surface area contributed by atoms with Gasteiger partial charge in [0.15, 0.2) is 29.5 Å². The molecule has 0 aliphatic carbocycles. The molecule has 0 aromatic rings. The highest BCUT2D eigenvalue weighted by Crippen LogP contribution is 2.10. The molecule has 0 amide bonds. The maximum absolute atomic E-state index is 11.6. The van der Waals surface area contributed by atoms with Gasteiger partial charge in [-0.3, -0.25) is 4.90 Å². The molecule has 0 spiro atoms. The highest BCUT2D eigenvalue weighted by Gasteiger charge is 2.22. The Morgan fingerprint density at radius 3 is 1.10 bits per heavy atom. The molecule has 0 aromatic carbocycles. The van der Waals surface area contributed by atoms with Crippen LogP contribution in [-0.4, -0.2) is 120 Å². The van der Waals surface area contributed by atoms with Crippen LogP contribution in [0.2, 0.25) is 0 Å². The van der Waals surface area contributed by atoms with E-state index in [0.29, 0.717) is 36.7 Å². The maximum atomic E-state index is 11.6. The van der Waals surface area contributed by atoms with Crippen molar-refractivity contribution < 1.29 is 39.5 Å². The van der Waals surface area contributed by atoms with E-state index in [1.54, 1.807) is 18.2 Å². The quantitative estimate of drug-likeness (QED) is 0.213. The van der Waals surface area contributed by atoms with Gasteiger partial charge in [-0.2, -0.15) is 0 Å². The van der Waals surface area contributed by atoms with E-state index in [9.17, 15) is 25.3 Å². The zero-order valence-corrected chi connectivity index (χ0v) is 26.2. The van der Waals surface area contributed by atoms with Crippen molar-refractivity contribution in [2.24, 2.45) is 0 Å². The molecule has 19 heteroatoms. The number of nitrogens with zero attached hydrogens (tertiary/aromatic N) is 1. The second kappa shape index (κ2) is 14.3. The molecule has 3 rings (SSSR count). The molecule has 0 radical (unpaired) electrons. The van der Waals surface area contributed by atoms with Gasteiger partial charge in [0.25, 0.3) is 15.5 Å². The number of nitrogens with one attached hydrogen (secondary N) is 3. The number of thiocarbonyl (C=S) groups is 3. The number of hydrogen-bond acceptors (Lipinski definition) is 13. The number of ether oxygens (including phenoxy) is 3. The Bertz CT molecular complexity index is 1250. The van der Waals surface area contributed by atoms with Gasteiger partial charge >= 0.3 is 0 Å². The van der Waals surface area contributed by atoms with Gasteiger partial charge in [-0.05, 0) is 54.9 Å². The minimum absolute atomic E-state index is 0.0423. The van der Waals surface area contributed by atoms with Crippen LogP contribution in [0.1, 0.15) is 0 Å². The number of sulfone groups is 3. The summed E-state index contributed by atoms with van der Waals surface area (Å²) >= 11 is 15.4. The van der Waals surface area contributed by atoms with Crippen LogP contribution in [0.4, 0.5) is 0 Å². The Labute approximate surface area is 250 Å². The van der Waals surface area contributed by atoms with E-state index < -0.39 is 29.5 Å². The molecule has 0 saturated carbocycles. The van der Waals surface area contributed by atoms with Gasteiger partial charge in [0.05, 0.1) is 34.5 Å². The smallest absolute Gasteiger partial charge is 0.260 e. The fourth-order valence-electron chi connectivity index (χ4n) is 3.65. The van der Waals surface area contributed by atoms with Crippen molar-refractivity contribution in [1.29, 1.82) is 0 Å². The van der Waals surface area contributed by atoms with Crippen LogP contribution in [-0.2, 0) is 43.7 Å². The second-order valence-electron chi connectivity index (χ2n) is 8.98. The van der Waals surface area contributed by atoms with Crippen molar-refractivity contribution in [3.63, 3.8) is 0 Å². The molecule has 224 valence electrons. The van der Waals surface area contributed by atoms with Gasteiger partial charge in [0, 0.05) is 36.7 Å². The van der Waals surface area contributed by atoms with E-state index in [1.165, 1.54) is 0 Å². The standard InChI is InChI=1S/C21H30N4O9S6/c26-38(27)10-1-16(13-38)22-19(35)32-7-4-25(5-8-33-20(36)23-17-2-11-39(28,29)14-17)6-9-34-21(37)24-18-3-12-40(30,31)15-18/h1-3H,4-15H2,(H,22,35)(H,23,36)(H,24,37). The van der Waals surface area contributed by atoms with Crippen LogP contribution in [0.3, 0.4) is 0 Å². The summed E-state index contributed by atoms with van der Waals surface area (Å²) in [5.41, 5.74) is 1.42. The van der Waals surface area contributed by atoms with Crippen LogP contribution in [0.25, 0.3) is 0 Å². The largest absolute Gasteiger partial charge is 0.469 e. The predicted molar refractivity (Wildman–Crippen MR) is 162 cm³/mol. The van der Waals surface area contributed by atoms with Crippen molar-refractivity contribution >= 4 is 81.7 Å². The lowest BCUT2D eigenvalue weighted by atomic mass is 10.4. The molecule has 3 aliphatic heterocycles. The number of rotatable bonds is 12. The van der Waals surface area contributed by atoms with E-state index in [-0.39, 0.29) is 69.9 Å². The molecule has 0 unspecified atom stereocenters. The molecule has 0 saturated heterocycles. The zero-order valence-electron chi connectivity index (χ0n) is 21.3. The lowest BCUT2D eigenvalue weighted by molar-refractivity contribution is 0.144. The minimum Gasteiger partial charge on any atom is -0.469 e. The molecule has 3 N–H and O–H groups in total. The summed E-state index contributed by atoms with van der Waals surface area (Å²) in [4.78, 5) is 1.92. The summed E-state index contributed by atoms with van der Waals surface area (Å²) in [6.07, 6.45) is 4.65. The minimum atomic E-state index is -3.14. The third-order valence-electron chi connectivity index (χ3n) is 5.59. The van der Waals surface area contributed by atoms with Gasteiger partial charge in [0.1, 0.15) is 19.8 Å². The van der Waals surface area contributed by atoms with Crippen LogP contribution < -0.4 is 16.0 Å². The molecule has 3 heterocycles. The summed E-state index contributed by atoms with van der Waals surface area (Å²) in [5.74, 6) is -0.487. The molecule has 0 aromatic heterocycles. The first kappa shape index (κ1) is 32.6. The van der Waals surface area contributed by atoms with E-state index in [4.69, 9.17) is 50.9 Å². The monoisotopic (exact) mass is 674 g/mol. The lowest BCUT2D eigenvalue weighted by Crippen LogP contribution is -2.37. The van der Waals surface area contributed by atoms with Crippen molar-refractivity contribution in [3.8, 4) is 0 Å². The molecule has 0 fully saturated rings. The third kappa shape index (κ3) is 11.9. The highest BCUT2D eigenvalue weighted by atomic mass is 32.2. The first-order chi connectivity index (χ1) is 18.7. The van der Waals surface area contributed by atoms with Gasteiger partial charge in [-0.25, -0.2) is 25.3 Å². The Hall–Kier alpha value is -1.90. The Morgan fingerprint density at radius 1 is 0.600 bits per heavy atom. The predicted octanol–water partition coefficient (Wildman–Crippen LogP) is -1.10. The van der Waals surface area contributed by atoms with E-state index in [1.807, 2.05) is 4.90 Å². The molecular weight excluding hydrogens is 645 g/mol. The average Bonchev–Trinajstić information content (AvgIpc) is 3.47. The van der Waals surface area contributed by atoms with Gasteiger partial charge in [0.2, 0.25) is 0 Å². The molecule has 3 aliphatic rings. The third-order valence-corrected chi connectivity index (χ3v) is 10.5. The number of hydrogen-bond donors (Lipinski definition) is 3. The summed E-state index contributed by atoms with van der Waals surface area (Å²) < 4.78 is 86.1. The molecule has 13 nitrogen and oxygen atoms in total. The van der Waals surface area contributed by atoms with Crippen molar-refractivity contribution in [3.05, 3.63) is 35.3 Å². The Kier molecular flexibility index (Phi) is 11.7. The van der Waals surface area contributed by atoms with Crippen molar-refractivity contribution in [2.45, 2.75) is 0 Å². The molecule has 40 heavy (non-hydrogen) atoms. The normalized spacial score (nSPS) is 20.2. The van der Waals surface area contributed by atoms with Crippen LogP contribution in [0, 0.1) is 0 Å². The van der Waals surface area contributed by atoms with E-state index in [2.05, 4.69) is 16.0 Å². The van der Waals surface area contributed by atoms with E-state index in [0.717, 1.165) is 0 Å². The van der Waals surface area contributed by atoms with Gasteiger partial charge in [-0.15, -0.1) is 0 Å². The summed E-state index contributed by atoms with van der Waals surface area (Å²) in [6, 6.07) is 0. The van der Waals surface area contributed by atoms with Gasteiger partial charge in [-0.1, -0.05) is 0 Å². The molecule has 0 atom stereocenters. The SMILES string of the molecule is O=S1(=O)CC=C(NC(=S)OCCN(CCOC(=S)NC2=CCS(=O)(=O)C2)CCOC(=S)NC2=CCS(=O)(=O)C2)C1. The zero-order chi connectivity index (χ0) is 29.4. The maximum Gasteiger partial charge on any atom is 0.260 e. The van der Waals surface area contributed by atoms with Crippen LogP contribution >= 0.6 is 36.7 Å². The topological polar surface area (TPSA) is 169 Å². The van der Waals surface area contributed by atoms with Crippen LogP contribution in [0.15, 0.2) is 35.3 Å². The van der Waals surface area contributed by atoms with Crippen LogP contribution in [0.5, 0.6) is 0 Å². The first-order valence-electron chi connectivity index (χ1n) is 11.9. The lowest BCUT2D eigenvalue weighted by Gasteiger charge is -2.23. The fraction of sp³-hybridized carbons (Fsp3) is 0.571. The fourth-order valence-corrected chi connectivity index (χ4v) is 8.00. The van der Waals surface area contributed by atoms with Gasteiger partial charge < -0.3 is 30.2 Å². The Morgan fingerprint density at radius 2 is 0.875 bits per heavy atom. The second-order valence-corrected chi connectivity index (χ2v) is 16.4.